The number of esters is 1. The van der Waals surface area contributed by atoms with E-state index in [1.807, 2.05) is 33.2 Å². The Bertz CT molecular complexity index is 1220. The summed E-state index contributed by atoms with van der Waals surface area (Å²) in [4.78, 5) is 31.6. The number of pyridine rings is 1. The van der Waals surface area contributed by atoms with E-state index in [0.29, 0.717) is 37.3 Å². The lowest BCUT2D eigenvalue weighted by atomic mass is 9.47. The van der Waals surface area contributed by atoms with Crippen molar-refractivity contribution < 1.29 is 19.1 Å². The van der Waals surface area contributed by atoms with E-state index in [1.54, 1.807) is 4.90 Å². The summed E-state index contributed by atoms with van der Waals surface area (Å²) in [5.41, 5.74) is 4.21. The first kappa shape index (κ1) is 27.5. The fourth-order valence-corrected chi connectivity index (χ4v) is 8.97. The van der Waals surface area contributed by atoms with Crippen LogP contribution < -0.4 is 0 Å². The molecule has 6 nitrogen and oxygen atoms in total. The highest BCUT2D eigenvalue weighted by Gasteiger charge is 2.57. The molecule has 1 aliphatic heterocycles. The van der Waals surface area contributed by atoms with Gasteiger partial charge in [-0.3, -0.25) is 9.78 Å². The average molecular weight is 547 g/mol. The number of ether oxygens (including phenoxy) is 2. The molecule has 7 atom stereocenters. The molecule has 4 aliphatic carbocycles. The Morgan fingerprint density at radius 3 is 2.58 bits per heavy atom. The van der Waals surface area contributed by atoms with Gasteiger partial charge in [0.05, 0.1) is 5.92 Å². The third kappa shape index (κ3) is 4.79. The Kier molecular flexibility index (Phi) is 6.90. The summed E-state index contributed by atoms with van der Waals surface area (Å²) >= 11 is 0. The number of nitrogens with zero attached hydrogens (tertiary/aromatic N) is 2. The summed E-state index contributed by atoms with van der Waals surface area (Å²) in [6, 6.07) is 4.28. The molecule has 216 valence electrons. The normalized spacial score (nSPS) is 37.0. The van der Waals surface area contributed by atoms with Crippen LogP contribution in [0.4, 0.5) is 4.79 Å². The highest BCUT2D eigenvalue weighted by Crippen LogP contribution is 2.66. The van der Waals surface area contributed by atoms with Gasteiger partial charge in [-0.25, -0.2) is 4.79 Å². The number of hydrogen-bond donors (Lipinski definition) is 0. The molecular weight excluding hydrogens is 500 g/mol. The van der Waals surface area contributed by atoms with Crippen molar-refractivity contribution in [2.45, 2.75) is 97.7 Å². The second-order valence-corrected chi connectivity index (χ2v) is 14.5. The molecule has 0 unspecified atom stereocenters. The van der Waals surface area contributed by atoms with Crippen molar-refractivity contribution in [2.75, 3.05) is 13.1 Å². The van der Waals surface area contributed by atoms with Crippen LogP contribution in [0.15, 0.2) is 42.3 Å². The molecule has 0 N–H and O–H groups in total. The summed E-state index contributed by atoms with van der Waals surface area (Å²) < 4.78 is 11.6. The average Bonchev–Trinajstić information content (AvgIpc) is 3.54. The number of allylic oxidation sites excluding steroid dienone is 3. The quantitative estimate of drug-likeness (QED) is 0.296. The minimum absolute atomic E-state index is 0.0573. The van der Waals surface area contributed by atoms with Gasteiger partial charge in [0, 0.05) is 31.9 Å². The Balaban J connectivity index is 1.09. The van der Waals surface area contributed by atoms with Crippen molar-refractivity contribution in [3.63, 3.8) is 0 Å². The second kappa shape index (κ2) is 10.0. The van der Waals surface area contributed by atoms with Gasteiger partial charge in [-0.05, 0) is 112 Å². The van der Waals surface area contributed by atoms with Crippen LogP contribution in [0.3, 0.4) is 0 Å². The summed E-state index contributed by atoms with van der Waals surface area (Å²) in [5, 5.41) is 0. The van der Waals surface area contributed by atoms with Crippen molar-refractivity contribution in [1.29, 1.82) is 0 Å². The third-order valence-corrected chi connectivity index (χ3v) is 11.1. The zero-order valence-corrected chi connectivity index (χ0v) is 24.9. The van der Waals surface area contributed by atoms with E-state index in [2.05, 4.69) is 43.1 Å². The molecule has 1 amide bonds. The fourth-order valence-electron chi connectivity index (χ4n) is 8.97. The first-order chi connectivity index (χ1) is 19.0. The molecule has 1 aromatic heterocycles. The van der Waals surface area contributed by atoms with Crippen LogP contribution in [0.2, 0.25) is 0 Å². The molecule has 40 heavy (non-hydrogen) atoms. The third-order valence-electron chi connectivity index (χ3n) is 11.1. The maximum Gasteiger partial charge on any atom is 0.410 e. The van der Waals surface area contributed by atoms with Gasteiger partial charge in [0.15, 0.2) is 0 Å². The number of fused-ring (bicyclic) bond motifs is 5. The van der Waals surface area contributed by atoms with Crippen molar-refractivity contribution in [3.05, 3.63) is 47.8 Å². The number of likely N-dealkylation sites (tertiary alicyclic amines) is 1. The molecule has 5 aliphatic rings. The molecule has 1 saturated heterocycles. The number of amides is 1. The van der Waals surface area contributed by atoms with Gasteiger partial charge >= 0.3 is 12.1 Å². The Morgan fingerprint density at radius 2 is 1.82 bits per heavy atom. The maximum atomic E-state index is 13.1. The predicted octanol–water partition coefficient (Wildman–Crippen LogP) is 7.21. The molecule has 0 bridgehead atoms. The fraction of sp³-hybridized carbons (Fsp3) is 0.676. The standard InChI is InChI=1S/C34H46N2O4/c1-32(2,3)40-31(38)36-18-14-23(21-36)30(37)39-25-12-15-33(4)24(19-25)8-9-26-28-11-10-27(22-7-6-17-35-20-22)34(28,5)16-13-29(26)33/h6-8,10,17,20,23,25-26,28-29H,9,11-16,18-19,21H2,1-5H3/t23-,25-,26-,28-,29-,33-,34+/m0/s1. The predicted molar refractivity (Wildman–Crippen MR) is 155 cm³/mol. The Morgan fingerprint density at radius 1 is 1.02 bits per heavy atom. The lowest BCUT2D eigenvalue weighted by Gasteiger charge is -2.57. The molecule has 0 aromatic carbocycles. The van der Waals surface area contributed by atoms with Crippen LogP contribution in [0.5, 0.6) is 0 Å². The minimum atomic E-state index is -0.538. The van der Waals surface area contributed by atoms with Crippen LogP contribution in [-0.4, -0.2) is 46.7 Å². The molecule has 6 heteroatoms. The first-order valence-electron chi connectivity index (χ1n) is 15.5. The van der Waals surface area contributed by atoms with E-state index in [9.17, 15) is 9.59 Å². The summed E-state index contributed by atoms with van der Waals surface area (Å²) in [6.07, 6.45) is 16.8. The van der Waals surface area contributed by atoms with Crippen LogP contribution in [0, 0.1) is 34.5 Å². The number of hydrogen-bond acceptors (Lipinski definition) is 5. The van der Waals surface area contributed by atoms with E-state index in [0.717, 1.165) is 25.7 Å². The monoisotopic (exact) mass is 546 g/mol. The SMILES string of the molecule is CC(C)(C)OC(=O)N1CC[C@H](C(=O)O[C@H]2CC[C@@]3(C)C(=CC[C@@H]4[C@@H]3CC[C@]3(C)C(c5cccnc5)=CC[C@@H]43)C2)C1. The number of carbonyl (C=O) groups is 2. The van der Waals surface area contributed by atoms with Crippen molar-refractivity contribution in [1.82, 2.24) is 9.88 Å². The summed E-state index contributed by atoms with van der Waals surface area (Å²) in [6.45, 7) is 11.5. The lowest BCUT2D eigenvalue weighted by molar-refractivity contribution is -0.155. The van der Waals surface area contributed by atoms with E-state index in [-0.39, 0.29) is 34.9 Å². The highest BCUT2D eigenvalue weighted by molar-refractivity contribution is 5.76. The van der Waals surface area contributed by atoms with Gasteiger partial charge in [-0.2, -0.15) is 0 Å². The zero-order valence-electron chi connectivity index (χ0n) is 24.9. The maximum absolute atomic E-state index is 13.1. The van der Waals surface area contributed by atoms with Gasteiger partial charge in [0.25, 0.3) is 0 Å². The van der Waals surface area contributed by atoms with Gasteiger partial charge in [-0.1, -0.05) is 37.6 Å². The van der Waals surface area contributed by atoms with Gasteiger partial charge in [0.2, 0.25) is 0 Å². The molecule has 0 spiro atoms. The minimum Gasteiger partial charge on any atom is -0.462 e. The number of carbonyl (C=O) groups excluding carboxylic acids is 2. The van der Waals surface area contributed by atoms with E-state index in [4.69, 9.17) is 9.47 Å². The van der Waals surface area contributed by atoms with E-state index in [1.165, 1.54) is 36.0 Å². The van der Waals surface area contributed by atoms with Gasteiger partial charge < -0.3 is 14.4 Å². The first-order valence-corrected chi connectivity index (χ1v) is 15.5. The molecule has 1 aromatic rings. The zero-order chi connectivity index (χ0) is 28.3. The largest absolute Gasteiger partial charge is 0.462 e. The molecule has 0 radical (unpaired) electrons. The molecule has 6 rings (SSSR count). The number of rotatable bonds is 3. The van der Waals surface area contributed by atoms with Crippen LogP contribution in [0.25, 0.3) is 5.57 Å². The molecular formula is C34H46N2O4. The van der Waals surface area contributed by atoms with Gasteiger partial charge in [-0.15, -0.1) is 0 Å². The van der Waals surface area contributed by atoms with Crippen molar-refractivity contribution >= 4 is 17.6 Å². The topological polar surface area (TPSA) is 68.7 Å². The lowest BCUT2D eigenvalue weighted by Crippen LogP contribution is -2.50. The Labute approximate surface area is 239 Å². The molecule has 2 heterocycles. The van der Waals surface area contributed by atoms with Crippen LogP contribution in [0.1, 0.15) is 91.5 Å². The molecule has 2 saturated carbocycles. The van der Waals surface area contributed by atoms with Crippen molar-refractivity contribution in [3.8, 4) is 0 Å². The van der Waals surface area contributed by atoms with Gasteiger partial charge in [0.1, 0.15) is 11.7 Å². The molecule has 3 fully saturated rings. The highest BCUT2D eigenvalue weighted by atomic mass is 16.6. The van der Waals surface area contributed by atoms with E-state index >= 15 is 0 Å². The summed E-state index contributed by atoms with van der Waals surface area (Å²) in [5.74, 6) is 1.67. The van der Waals surface area contributed by atoms with E-state index < -0.39 is 5.60 Å². The van der Waals surface area contributed by atoms with Crippen LogP contribution in [-0.2, 0) is 14.3 Å². The Hall–Kier alpha value is -2.63. The smallest absolute Gasteiger partial charge is 0.410 e. The second-order valence-electron chi connectivity index (χ2n) is 14.5. The van der Waals surface area contributed by atoms with Crippen molar-refractivity contribution in [2.24, 2.45) is 34.5 Å². The van der Waals surface area contributed by atoms with Crippen LogP contribution >= 0.6 is 0 Å². The summed E-state index contributed by atoms with van der Waals surface area (Å²) in [7, 11) is 0. The number of aromatic nitrogens is 1.